The van der Waals surface area contributed by atoms with Crippen molar-refractivity contribution < 1.29 is 9.18 Å². The van der Waals surface area contributed by atoms with Crippen LogP contribution < -0.4 is 16.0 Å². The molecule has 0 aliphatic heterocycles. The van der Waals surface area contributed by atoms with Crippen LogP contribution in [0.3, 0.4) is 0 Å². The second-order valence-corrected chi connectivity index (χ2v) is 9.77. The van der Waals surface area contributed by atoms with Gasteiger partial charge in [-0.2, -0.15) is 10.1 Å². The SMILES string of the molecule is C=CC(=O)Nc1ccc(F)c(Nc2nc(Nc3cn(CCN(C)C)nc3Cl)ncc2-c2ccc(Br)cc2)c1. The van der Waals surface area contributed by atoms with Gasteiger partial charge >= 0.3 is 0 Å². The highest BCUT2D eigenvalue weighted by atomic mass is 79.9. The quantitative estimate of drug-likeness (QED) is 0.190. The van der Waals surface area contributed by atoms with Crippen molar-refractivity contribution in [1.82, 2.24) is 24.6 Å². The van der Waals surface area contributed by atoms with Crippen molar-refractivity contribution in [2.24, 2.45) is 0 Å². The van der Waals surface area contributed by atoms with Gasteiger partial charge in [0.2, 0.25) is 11.9 Å². The molecular formula is C26H25BrClFN8O. The molecule has 38 heavy (non-hydrogen) atoms. The molecule has 0 saturated carbocycles. The van der Waals surface area contributed by atoms with E-state index in [1.807, 2.05) is 43.3 Å². The molecule has 0 atom stereocenters. The third-order valence-electron chi connectivity index (χ3n) is 5.36. The van der Waals surface area contributed by atoms with E-state index in [0.717, 1.165) is 22.7 Å². The Kier molecular flexibility index (Phi) is 8.72. The van der Waals surface area contributed by atoms with E-state index >= 15 is 0 Å². The summed E-state index contributed by atoms with van der Waals surface area (Å²) < 4.78 is 17.4. The zero-order valence-corrected chi connectivity index (χ0v) is 23.0. The van der Waals surface area contributed by atoms with Crippen LogP contribution in [0.2, 0.25) is 5.15 Å². The molecule has 196 valence electrons. The fourth-order valence-electron chi connectivity index (χ4n) is 3.42. The van der Waals surface area contributed by atoms with Gasteiger partial charge in [-0.25, -0.2) is 9.37 Å². The summed E-state index contributed by atoms with van der Waals surface area (Å²) >= 11 is 9.78. The largest absolute Gasteiger partial charge is 0.337 e. The van der Waals surface area contributed by atoms with E-state index in [0.29, 0.717) is 29.3 Å². The van der Waals surface area contributed by atoms with Gasteiger partial charge in [0, 0.05) is 28.5 Å². The highest BCUT2D eigenvalue weighted by molar-refractivity contribution is 9.10. The molecule has 0 spiro atoms. The molecule has 0 bridgehead atoms. The molecule has 4 aromatic rings. The van der Waals surface area contributed by atoms with Crippen LogP contribution in [0, 0.1) is 5.82 Å². The number of hydrogen-bond donors (Lipinski definition) is 3. The smallest absolute Gasteiger partial charge is 0.247 e. The van der Waals surface area contributed by atoms with Gasteiger partial charge in [-0.1, -0.05) is 46.2 Å². The number of nitrogens with zero attached hydrogens (tertiary/aromatic N) is 5. The third-order valence-corrected chi connectivity index (χ3v) is 6.16. The molecule has 4 rings (SSSR count). The van der Waals surface area contributed by atoms with Gasteiger partial charge in [-0.05, 0) is 56.1 Å². The number of carbonyl (C=O) groups is 1. The number of benzene rings is 2. The fraction of sp³-hybridized carbons (Fsp3) is 0.154. The predicted molar refractivity (Wildman–Crippen MR) is 153 cm³/mol. The van der Waals surface area contributed by atoms with Gasteiger partial charge in [-0.3, -0.25) is 9.48 Å². The van der Waals surface area contributed by atoms with Crippen LogP contribution in [0.4, 0.5) is 33.2 Å². The van der Waals surface area contributed by atoms with E-state index in [2.05, 4.69) is 53.5 Å². The summed E-state index contributed by atoms with van der Waals surface area (Å²) in [6.45, 7) is 4.89. The predicted octanol–water partition coefficient (Wildman–Crippen LogP) is 6.07. The maximum Gasteiger partial charge on any atom is 0.247 e. The average molecular weight is 600 g/mol. The molecule has 0 fully saturated rings. The number of aromatic nitrogens is 4. The highest BCUT2D eigenvalue weighted by Crippen LogP contribution is 2.33. The van der Waals surface area contributed by atoms with Crippen molar-refractivity contribution in [3.8, 4) is 11.1 Å². The fourth-order valence-corrected chi connectivity index (χ4v) is 3.87. The van der Waals surface area contributed by atoms with Crippen LogP contribution in [0.5, 0.6) is 0 Å². The molecule has 3 N–H and O–H groups in total. The monoisotopic (exact) mass is 598 g/mol. The first-order valence-electron chi connectivity index (χ1n) is 11.5. The molecule has 2 aromatic carbocycles. The van der Waals surface area contributed by atoms with Crippen molar-refractivity contribution in [3.05, 3.63) is 83.0 Å². The average Bonchev–Trinajstić information content (AvgIpc) is 3.24. The Morgan fingerprint density at radius 2 is 1.95 bits per heavy atom. The zero-order valence-electron chi connectivity index (χ0n) is 20.7. The minimum Gasteiger partial charge on any atom is -0.337 e. The van der Waals surface area contributed by atoms with Crippen LogP contribution in [0.15, 0.2) is 72.0 Å². The topological polar surface area (TPSA) is 100 Å². The van der Waals surface area contributed by atoms with Crippen LogP contribution in [0.1, 0.15) is 0 Å². The molecule has 1 amide bonds. The first kappa shape index (κ1) is 27.2. The Labute approximate surface area is 232 Å². The summed E-state index contributed by atoms with van der Waals surface area (Å²) in [7, 11) is 3.96. The Morgan fingerprint density at radius 1 is 1.18 bits per heavy atom. The number of hydrogen-bond acceptors (Lipinski definition) is 7. The van der Waals surface area contributed by atoms with E-state index in [4.69, 9.17) is 11.6 Å². The summed E-state index contributed by atoms with van der Waals surface area (Å²) in [4.78, 5) is 22.8. The molecular weight excluding hydrogens is 575 g/mol. The van der Waals surface area contributed by atoms with Crippen LogP contribution in [-0.2, 0) is 11.3 Å². The molecule has 0 unspecified atom stereocenters. The van der Waals surface area contributed by atoms with E-state index < -0.39 is 11.7 Å². The van der Waals surface area contributed by atoms with Crippen LogP contribution >= 0.6 is 27.5 Å². The van der Waals surface area contributed by atoms with Crippen molar-refractivity contribution in [1.29, 1.82) is 0 Å². The lowest BCUT2D eigenvalue weighted by Gasteiger charge is -2.15. The minimum absolute atomic E-state index is 0.115. The lowest BCUT2D eigenvalue weighted by molar-refractivity contribution is -0.111. The van der Waals surface area contributed by atoms with Gasteiger partial charge in [0.15, 0.2) is 5.15 Å². The Morgan fingerprint density at radius 3 is 2.66 bits per heavy atom. The molecule has 2 aromatic heterocycles. The van der Waals surface area contributed by atoms with Crippen molar-refractivity contribution >= 4 is 62.3 Å². The van der Waals surface area contributed by atoms with E-state index in [9.17, 15) is 9.18 Å². The second kappa shape index (κ2) is 12.2. The van der Waals surface area contributed by atoms with Crippen molar-refractivity contribution in [2.75, 3.05) is 36.6 Å². The molecule has 0 radical (unpaired) electrons. The molecule has 12 heteroatoms. The van der Waals surface area contributed by atoms with E-state index in [-0.39, 0.29) is 16.8 Å². The number of anilines is 5. The second-order valence-electron chi connectivity index (χ2n) is 8.50. The summed E-state index contributed by atoms with van der Waals surface area (Å²) in [5.74, 6) is -0.359. The van der Waals surface area contributed by atoms with Crippen LogP contribution in [-0.4, -0.2) is 51.2 Å². The molecule has 9 nitrogen and oxygen atoms in total. The number of amides is 1. The lowest BCUT2D eigenvalue weighted by Crippen LogP contribution is -2.18. The lowest BCUT2D eigenvalue weighted by atomic mass is 10.1. The maximum absolute atomic E-state index is 14.8. The van der Waals surface area contributed by atoms with Crippen molar-refractivity contribution in [3.63, 3.8) is 0 Å². The molecule has 0 aliphatic carbocycles. The Hall–Kier alpha value is -3.80. The number of halogens is 3. The summed E-state index contributed by atoms with van der Waals surface area (Å²) in [5.41, 5.74) is 2.50. The van der Waals surface area contributed by atoms with Gasteiger partial charge in [0.1, 0.15) is 11.6 Å². The van der Waals surface area contributed by atoms with Gasteiger partial charge in [0.05, 0.1) is 24.1 Å². The Balaban J connectivity index is 1.68. The molecule has 0 saturated heterocycles. The minimum atomic E-state index is -0.526. The number of carbonyl (C=O) groups excluding carboxylic acids is 1. The molecule has 2 heterocycles. The van der Waals surface area contributed by atoms with E-state index in [1.165, 1.54) is 18.2 Å². The summed E-state index contributed by atoms with van der Waals surface area (Å²) in [5, 5.41) is 13.4. The van der Waals surface area contributed by atoms with Gasteiger partial charge < -0.3 is 20.9 Å². The van der Waals surface area contributed by atoms with Crippen LogP contribution in [0.25, 0.3) is 11.1 Å². The highest BCUT2D eigenvalue weighted by Gasteiger charge is 2.15. The number of rotatable bonds is 10. The zero-order chi connectivity index (χ0) is 27.2. The standard InChI is InChI=1S/C26H25BrClFN8O/c1-4-23(38)31-18-9-10-20(29)21(13-18)32-25-19(16-5-7-17(27)8-6-16)14-30-26(34-25)33-22-15-37(35-24(22)28)12-11-36(2)3/h4-10,13-15H,1,11-12H2,2-3H3,(H,31,38)(H2,30,32,33,34). The van der Waals surface area contributed by atoms with E-state index in [1.54, 1.807) is 17.1 Å². The Bertz CT molecular complexity index is 1460. The number of likely N-dealkylation sites (N-methyl/N-ethyl adjacent to an activating group) is 1. The normalized spacial score (nSPS) is 10.9. The first-order valence-corrected chi connectivity index (χ1v) is 12.7. The first-order chi connectivity index (χ1) is 18.2. The third kappa shape index (κ3) is 6.94. The summed E-state index contributed by atoms with van der Waals surface area (Å²) in [6, 6.07) is 11.7. The van der Waals surface area contributed by atoms with Crippen molar-refractivity contribution in [2.45, 2.75) is 6.54 Å². The van der Waals surface area contributed by atoms with Gasteiger partial charge in [0.25, 0.3) is 0 Å². The maximum atomic E-state index is 14.8. The van der Waals surface area contributed by atoms with Gasteiger partial charge in [-0.15, -0.1) is 0 Å². The number of nitrogens with one attached hydrogen (secondary N) is 3. The summed E-state index contributed by atoms with van der Waals surface area (Å²) in [6.07, 6.45) is 4.54. The molecule has 0 aliphatic rings.